The zero-order valence-corrected chi connectivity index (χ0v) is 16.5. The Balaban J connectivity index is 1.66. The number of benzene rings is 2. The van der Waals surface area contributed by atoms with Gasteiger partial charge in [-0.05, 0) is 42.7 Å². The fourth-order valence-corrected chi connectivity index (χ4v) is 2.93. The zero-order chi connectivity index (χ0) is 20.8. The number of nitrogens with zero attached hydrogens (tertiary/aromatic N) is 2. The number of nitrogens with two attached hydrogens (primary N) is 1. The van der Waals surface area contributed by atoms with Crippen LogP contribution in [0.2, 0.25) is 0 Å². The first-order chi connectivity index (χ1) is 14.0. The maximum atomic E-state index is 12.4. The normalized spacial score (nSPS) is 11.7. The van der Waals surface area contributed by atoms with Crippen LogP contribution in [-0.4, -0.2) is 34.8 Å². The van der Waals surface area contributed by atoms with E-state index in [-0.39, 0.29) is 29.8 Å². The summed E-state index contributed by atoms with van der Waals surface area (Å²) in [6.07, 6.45) is 1.37. The van der Waals surface area contributed by atoms with E-state index < -0.39 is 5.97 Å². The van der Waals surface area contributed by atoms with E-state index in [1.54, 1.807) is 31.2 Å². The molecular formula is C22H24N4O3. The van der Waals surface area contributed by atoms with Crippen LogP contribution in [0, 0.1) is 0 Å². The lowest BCUT2D eigenvalue weighted by molar-refractivity contribution is 0.0527. The van der Waals surface area contributed by atoms with Crippen molar-refractivity contribution in [1.29, 1.82) is 0 Å². The van der Waals surface area contributed by atoms with Crippen LogP contribution in [0.3, 0.4) is 0 Å². The van der Waals surface area contributed by atoms with Crippen molar-refractivity contribution in [1.82, 2.24) is 15.1 Å². The molecule has 3 N–H and O–H groups in total. The number of rotatable bonds is 7. The SMILES string of the molecule is CCOC(=O)c1cnn(-c2ccc(C(=O)NC[C@@H](C)c3ccccc3)cc2)c1N. The molecule has 7 heteroatoms. The molecule has 0 aliphatic carbocycles. The number of aromatic nitrogens is 2. The predicted molar refractivity (Wildman–Crippen MR) is 111 cm³/mol. The fraction of sp³-hybridized carbons (Fsp3) is 0.227. The maximum absolute atomic E-state index is 12.4. The van der Waals surface area contributed by atoms with E-state index in [0.717, 1.165) is 0 Å². The topological polar surface area (TPSA) is 99.2 Å². The van der Waals surface area contributed by atoms with Gasteiger partial charge < -0.3 is 15.8 Å². The van der Waals surface area contributed by atoms with Gasteiger partial charge in [0.15, 0.2) is 0 Å². The molecule has 29 heavy (non-hydrogen) atoms. The molecule has 150 valence electrons. The summed E-state index contributed by atoms with van der Waals surface area (Å²) in [6.45, 7) is 4.60. The Morgan fingerprint density at radius 3 is 2.48 bits per heavy atom. The second-order valence-electron chi connectivity index (χ2n) is 6.64. The minimum atomic E-state index is -0.514. The molecule has 0 saturated carbocycles. The van der Waals surface area contributed by atoms with Crippen LogP contribution in [-0.2, 0) is 4.74 Å². The lowest BCUT2D eigenvalue weighted by Crippen LogP contribution is -2.27. The van der Waals surface area contributed by atoms with E-state index in [0.29, 0.717) is 17.8 Å². The van der Waals surface area contributed by atoms with E-state index in [9.17, 15) is 9.59 Å². The standard InChI is InChI=1S/C22H24N4O3/c1-3-29-22(28)19-14-25-26(20(19)23)18-11-9-17(10-12-18)21(27)24-13-15(2)16-7-5-4-6-8-16/h4-12,14-15H,3,13,23H2,1-2H3,(H,24,27)/t15-/m1/s1. The number of nitrogen functional groups attached to an aromatic ring is 1. The third kappa shape index (κ3) is 4.63. The third-order valence-corrected chi connectivity index (χ3v) is 4.61. The maximum Gasteiger partial charge on any atom is 0.343 e. The quantitative estimate of drug-likeness (QED) is 0.602. The van der Waals surface area contributed by atoms with Gasteiger partial charge >= 0.3 is 5.97 Å². The molecule has 1 amide bonds. The van der Waals surface area contributed by atoms with Crippen LogP contribution < -0.4 is 11.1 Å². The van der Waals surface area contributed by atoms with Gasteiger partial charge in [-0.2, -0.15) is 5.10 Å². The molecule has 3 rings (SSSR count). The highest BCUT2D eigenvalue weighted by Gasteiger charge is 2.17. The summed E-state index contributed by atoms with van der Waals surface area (Å²) in [5.74, 6) is -0.262. The molecule has 1 aromatic heterocycles. The lowest BCUT2D eigenvalue weighted by Gasteiger charge is -2.13. The summed E-state index contributed by atoms with van der Waals surface area (Å²) in [4.78, 5) is 24.3. The molecular weight excluding hydrogens is 368 g/mol. The van der Waals surface area contributed by atoms with Crippen LogP contribution in [0.1, 0.15) is 46.0 Å². The van der Waals surface area contributed by atoms with Crippen LogP contribution in [0.15, 0.2) is 60.8 Å². The summed E-state index contributed by atoms with van der Waals surface area (Å²) in [5.41, 5.74) is 8.59. The van der Waals surface area contributed by atoms with Crippen LogP contribution in [0.4, 0.5) is 5.82 Å². The molecule has 0 fully saturated rings. The molecule has 2 aromatic carbocycles. The first kappa shape index (κ1) is 20.1. The van der Waals surface area contributed by atoms with Crippen molar-refractivity contribution in [2.45, 2.75) is 19.8 Å². The number of hydrogen-bond acceptors (Lipinski definition) is 5. The molecule has 3 aromatic rings. The number of esters is 1. The van der Waals surface area contributed by atoms with Crippen molar-refractivity contribution in [3.8, 4) is 5.69 Å². The molecule has 0 aliphatic heterocycles. The van der Waals surface area contributed by atoms with Crippen molar-refractivity contribution >= 4 is 17.7 Å². The number of nitrogens with one attached hydrogen (secondary N) is 1. The minimum Gasteiger partial charge on any atom is -0.462 e. The second-order valence-corrected chi connectivity index (χ2v) is 6.64. The Kier molecular flexibility index (Phi) is 6.29. The van der Waals surface area contributed by atoms with Gasteiger partial charge in [0.25, 0.3) is 5.91 Å². The molecule has 0 radical (unpaired) electrons. The summed E-state index contributed by atoms with van der Waals surface area (Å²) in [7, 11) is 0. The molecule has 0 saturated heterocycles. The minimum absolute atomic E-state index is 0.153. The van der Waals surface area contributed by atoms with Gasteiger partial charge in [0.05, 0.1) is 18.5 Å². The van der Waals surface area contributed by atoms with Gasteiger partial charge in [0.2, 0.25) is 0 Å². The predicted octanol–water partition coefficient (Wildman–Crippen LogP) is 3.16. The van der Waals surface area contributed by atoms with Crippen LogP contribution in [0.25, 0.3) is 5.69 Å². The molecule has 0 spiro atoms. The van der Waals surface area contributed by atoms with Gasteiger partial charge in [-0.25, -0.2) is 9.48 Å². The van der Waals surface area contributed by atoms with E-state index in [4.69, 9.17) is 10.5 Å². The van der Waals surface area contributed by atoms with Crippen LogP contribution in [0.5, 0.6) is 0 Å². The first-order valence-corrected chi connectivity index (χ1v) is 9.45. The van der Waals surface area contributed by atoms with E-state index in [1.165, 1.54) is 16.4 Å². The van der Waals surface area contributed by atoms with Crippen molar-refractivity contribution in [3.63, 3.8) is 0 Å². The Hall–Kier alpha value is -3.61. The smallest absolute Gasteiger partial charge is 0.343 e. The number of amides is 1. The Bertz CT molecular complexity index is 981. The highest BCUT2D eigenvalue weighted by Crippen LogP contribution is 2.19. The molecule has 0 aliphatic rings. The number of hydrogen-bond donors (Lipinski definition) is 2. The molecule has 1 heterocycles. The number of carbonyl (C=O) groups is 2. The summed E-state index contributed by atoms with van der Waals surface area (Å²) in [6, 6.07) is 16.9. The lowest BCUT2D eigenvalue weighted by atomic mass is 10.0. The number of carbonyl (C=O) groups excluding carboxylic acids is 2. The van der Waals surface area contributed by atoms with E-state index in [1.807, 2.05) is 30.3 Å². The molecule has 0 bridgehead atoms. The molecule has 1 atom stereocenters. The van der Waals surface area contributed by atoms with Gasteiger partial charge in [-0.15, -0.1) is 0 Å². The van der Waals surface area contributed by atoms with Crippen molar-refractivity contribution in [2.24, 2.45) is 0 Å². The zero-order valence-electron chi connectivity index (χ0n) is 16.5. The summed E-state index contributed by atoms with van der Waals surface area (Å²) in [5, 5.41) is 7.10. The van der Waals surface area contributed by atoms with Gasteiger partial charge in [-0.3, -0.25) is 4.79 Å². The van der Waals surface area contributed by atoms with E-state index >= 15 is 0 Å². The van der Waals surface area contributed by atoms with Gasteiger partial charge in [-0.1, -0.05) is 37.3 Å². The highest BCUT2D eigenvalue weighted by atomic mass is 16.5. The fourth-order valence-electron chi connectivity index (χ4n) is 2.93. The number of ether oxygens (including phenoxy) is 1. The monoisotopic (exact) mass is 392 g/mol. The Morgan fingerprint density at radius 2 is 1.83 bits per heavy atom. The molecule has 7 nitrogen and oxygen atoms in total. The van der Waals surface area contributed by atoms with Crippen molar-refractivity contribution < 1.29 is 14.3 Å². The summed E-state index contributed by atoms with van der Waals surface area (Å²) < 4.78 is 6.40. The second kappa shape index (κ2) is 9.05. The summed E-state index contributed by atoms with van der Waals surface area (Å²) >= 11 is 0. The number of anilines is 1. The third-order valence-electron chi connectivity index (χ3n) is 4.61. The first-order valence-electron chi connectivity index (χ1n) is 9.45. The van der Waals surface area contributed by atoms with Crippen molar-refractivity contribution in [3.05, 3.63) is 77.5 Å². The molecule has 0 unspecified atom stereocenters. The largest absolute Gasteiger partial charge is 0.462 e. The highest BCUT2D eigenvalue weighted by molar-refractivity contribution is 5.95. The Labute approximate surface area is 169 Å². The average Bonchev–Trinajstić information content (AvgIpc) is 3.14. The van der Waals surface area contributed by atoms with E-state index in [2.05, 4.69) is 17.3 Å². The van der Waals surface area contributed by atoms with Gasteiger partial charge in [0.1, 0.15) is 11.4 Å². The van der Waals surface area contributed by atoms with Crippen LogP contribution >= 0.6 is 0 Å². The average molecular weight is 392 g/mol. The van der Waals surface area contributed by atoms with Crippen molar-refractivity contribution in [2.75, 3.05) is 18.9 Å². The Morgan fingerprint density at radius 1 is 1.14 bits per heavy atom. The van der Waals surface area contributed by atoms with Gasteiger partial charge in [0, 0.05) is 12.1 Å².